The number of imide groups is 1. The maximum atomic E-state index is 11.5. The van der Waals surface area contributed by atoms with Gasteiger partial charge in [-0.05, 0) is 7.05 Å². The van der Waals surface area contributed by atoms with Crippen LogP contribution in [0.2, 0.25) is 0 Å². The molecule has 0 saturated carbocycles. The van der Waals surface area contributed by atoms with Crippen LogP contribution < -0.4 is 5.32 Å². The SMILES string of the molecule is CN[C@@H](CS(=O)(=O)O)C(=O)ON1C(=O)CCC1=O. The van der Waals surface area contributed by atoms with E-state index in [4.69, 9.17) is 4.55 Å². The summed E-state index contributed by atoms with van der Waals surface area (Å²) in [5.41, 5.74) is 0. The second-order valence-electron chi connectivity index (χ2n) is 3.58. The highest BCUT2D eigenvalue weighted by molar-refractivity contribution is 7.85. The summed E-state index contributed by atoms with van der Waals surface area (Å²) in [6.07, 6.45) is -0.122. The Bertz CT molecular complexity index is 456. The average molecular weight is 280 g/mol. The number of carbonyl (C=O) groups excluding carboxylic acids is 3. The van der Waals surface area contributed by atoms with Crippen molar-refractivity contribution in [1.29, 1.82) is 0 Å². The van der Waals surface area contributed by atoms with Gasteiger partial charge in [0.2, 0.25) is 0 Å². The minimum Gasteiger partial charge on any atom is -0.329 e. The molecule has 10 heteroatoms. The van der Waals surface area contributed by atoms with Gasteiger partial charge in [-0.2, -0.15) is 8.42 Å². The van der Waals surface area contributed by atoms with Crippen molar-refractivity contribution >= 4 is 27.9 Å². The van der Waals surface area contributed by atoms with Gasteiger partial charge in [0.15, 0.2) is 0 Å². The molecule has 1 atom stereocenters. The molecule has 0 aromatic heterocycles. The summed E-state index contributed by atoms with van der Waals surface area (Å²) in [6.45, 7) is 0. The van der Waals surface area contributed by atoms with E-state index in [9.17, 15) is 22.8 Å². The zero-order valence-corrected chi connectivity index (χ0v) is 10.3. The molecule has 0 unspecified atom stereocenters. The van der Waals surface area contributed by atoms with Gasteiger partial charge < -0.3 is 10.2 Å². The Labute approximate surface area is 103 Å². The van der Waals surface area contributed by atoms with Gasteiger partial charge in [-0.15, -0.1) is 5.06 Å². The van der Waals surface area contributed by atoms with Gasteiger partial charge in [0.1, 0.15) is 11.8 Å². The van der Waals surface area contributed by atoms with Crippen molar-refractivity contribution in [2.75, 3.05) is 12.8 Å². The van der Waals surface area contributed by atoms with Crippen LogP contribution in [0.3, 0.4) is 0 Å². The van der Waals surface area contributed by atoms with Gasteiger partial charge in [0.05, 0.1) is 0 Å². The number of likely N-dealkylation sites (N-methyl/N-ethyl adjacent to an activating group) is 1. The normalized spacial score (nSPS) is 18.0. The van der Waals surface area contributed by atoms with E-state index in [-0.39, 0.29) is 12.8 Å². The molecular weight excluding hydrogens is 268 g/mol. The quantitative estimate of drug-likeness (QED) is 0.440. The van der Waals surface area contributed by atoms with Crippen LogP contribution >= 0.6 is 0 Å². The van der Waals surface area contributed by atoms with Crippen LogP contribution in [0, 0.1) is 0 Å². The van der Waals surface area contributed by atoms with Gasteiger partial charge in [0.25, 0.3) is 21.9 Å². The first kappa shape index (κ1) is 14.5. The van der Waals surface area contributed by atoms with Crippen LogP contribution in [0.15, 0.2) is 0 Å². The predicted molar refractivity (Wildman–Crippen MR) is 56.4 cm³/mol. The van der Waals surface area contributed by atoms with Crippen LogP contribution in [0.25, 0.3) is 0 Å². The minimum atomic E-state index is -4.39. The number of nitrogens with one attached hydrogen (secondary N) is 1. The molecule has 18 heavy (non-hydrogen) atoms. The van der Waals surface area contributed by atoms with E-state index >= 15 is 0 Å². The molecule has 1 aliphatic heterocycles. The van der Waals surface area contributed by atoms with Crippen molar-refractivity contribution in [3.63, 3.8) is 0 Å². The summed E-state index contributed by atoms with van der Waals surface area (Å²) < 4.78 is 29.9. The lowest BCUT2D eigenvalue weighted by Crippen LogP contribution is -2.45. The third kappa shape index (κ3) is 3.75. The van der Waals surface area contributed by atoms with E-state index in [1.165, 1.54) is 7.05 Å². The molecule has 0 aromatic carbocycles. The van der Waals surface area contributed by atoms with Gasteiger partial charge in [0, 0.05) is 12.8 Å². The first-order chi connectivity index (χ1) is 8.24. The highest BCUT2D eigenvalue weighted by Crippen LogP contribution is 2.12. The van der Waals surface area contributed by atoms with Gasteiger partial charge in [-0.3, -0.25) is 14.1 Å². The maximum absolute atomic E-state index is 11.5. The predicted octanol–water partition coefficient (Wildman–Crippen LogP) is -1.93. The van der Waals surface area contributed by atoms with Crippen molar-refractivity contribution in [3.8, 4) is 0 Å². The number of amides is 2. The lowest BCUT2D eigenvalue weighted by atomic mass is 10.3. The molecule has 1 saturated heterocycles. The number of rotatable bonds is 5. The molecule has 1 rings (SSSR count). The van der Waals surface area contributed by atoms with Crippen molar-refractivity contribution < 1.29 is 32.2 Å². The summed E-state index contributed by atoms with van der Waals surface area (Å²) in [5.74, 6) is -3.40. The van der Waals surface area contributed by atoms with E-state index in [1.54, 1.807) is 0 Å². The Morgan fingerprint density at radius 3 is 2.33 bits per heavy atom. The van der Waals surface area contributed by atoms with Crippen LogP contribution in [0.5, 0.6) is 0 Å². The monoisotopic (exact) mass is 280 g/mol. The van der Waals surface area contributed by atoms with Crippen molar-refractivity contribution in [3.05, 3.63) is 0 Å². The van der Waals surface area contributed by atoms with E-state index in [1.807, 2.05) is 0 Å². The molecular formula is C8H12N2O7S. The van der Waals surface area contributed by atoms with Crippen LogP contribution in [0.1, 0.15) is 12.8 Å². The zero-order valence-electron chi connectivity index (χ0n) is 9.45. The van der Waals surface area contributed by atoms with E-state index in [2.05, 4.69) is 10.2 Å². The molecule has 0 bridgehead atoms. The molecule has 0 aliphatic carbocycles. The fourth-order valence-corrected chi connectivity index (χ4v) is 2.02. The Kier molecular flexibility index (Phi) is 4.38. The van der Waals surface area contributed by atoms with Gasteiger partial charge in [-0.1, -0.05) is 0 Å². The average Bonchev–Trinajstić information content (AvgIpc) is 2.56. The molecule has 1 fully saturated rings. The van der Waals surface area contributed by atoms with E-state index in [0.717, 1.165) is 0 Å². The third-order valence-corrected chi connectivity index (χ3v) is 2.95. The Morgan fingerprint density at radius 1 is 1.44 bits per heavy atom. The van der Waals surface area contributed by atoms with Crippen LogP contribution in [-0.4, -0.2) is 54.7 Å². The summed E-state index contributed by atoms with van der Waals surface area (Å²) >= 11 is 0. The highest BCUT2D eigenvalue weighted by Gasteiger charge is 2.35. The fraction of sp³-hybridized carbons (Fsp3) is 0.625. The Hall–Kier alpha value is -1.52. The Balaban J connectivity index is 2.68. The largest absolute Gasteiger partial charge is 0.351 e. The van der Waals surface area contributed by atoms with Gasteiger partial charge >= 0.3 is 5.97 Å². The maximum Gasteiger partial charge on any atom is 0.351 e. The van der Waals surface area contributed by atoms with E-state index < -0.39 is 39.7 Å². The molecule has 9 nitrogen and oxygen atoms in total. The third-order valence-electron chi connectivity index (χ3n) is 2.20. The van der Waals surface area contributed by atoms with Crippen molar-refractivity contribution in [1.82, 2.24) is 10.4 Å². The Morgan fingerprint density at radius 2 is 1.94 bits per heavy atom. The van der Waals surface area contributed by atoms with Gasteiger partial charge in [-0.25, -0.2) is 4.79 Å². The van der Waals surface area contributed by atoms with E-state index in [0.29, 0.717) is 5.06 Å². The smallest absolute Gasteiger partial charge is 0.329 e. The van der Waals surface area contributed by atoms with Crippen molar-refractivity contribution in [2.45, 2.75) is 18.9 Å². The summed E-state index contributed by atoms with van der Waals surface area (Å²) in [5, 5.41) is 2.60. The molecule has 2 amide bonds. The lowest BCUT2D eigenvalue weighted by Gasteiger charge is -2.17. The fourth-order valence-electron chi connectivity index (χ4n) is 1.29. The van der Waals surface area contributed by atoms with Crippen LogP contribution in [-0.2, 0) is 29.3 Å². The summed E-state index contributed by atoms with van der Waals surface area (Å²) in [4.78, 5) is 38.3. The highest BCUT2D eigenvalue weighted by atomic mass is 32.2. The first-order valence-corrected chi connectivity index (χ1v) is 6.55. The minimum absolute atomic E-state index is 0.0609. The molecule has 1 aliphatic rings. The summed E-state index contributed by atoms with van der Waals surface area (Å²) in [6, 6.07) is -1.37. The molecule has 0 spiro atoms. The molecule has 2 N–H and O–H groups in total. The van der Waals surface area contributed by atoms with Crippen molar-refractivity contribution in [2.24, 2.45) is 0 Å². The zero-order chi connectivity index (χ0) is 13.9. The summed E-state index contributed by atoms with van der Waals surface area (Å²) in [7, 11) is -3.12. The number of hydrogen-bond donors (Lipinski definition) is 2. The second-order valence-corrected chi connectivity index (χ2v) is 5.08. The molecule has 0 aromatic rings. The number of hydrogen-bond acceptors (Lipinski definition) is 7. The molecule has 0 radical (unpaired) electrons. The number of nitrogens with zero attached hydrogens (tertiary/aromatic N) is 1. The number of carbonyl (C=O) groups is 3. The molecule has 102 valence electrons. The number of hydroxylamine groups is 2. The lowest BCUT2D eigenvalue weighted by molar-refractivity contribution is -0.198. The van der Waals surface area contributed by atoms with Crippen LogP contribution in [0.4, 0.5) is 0 Å². The standard InChI is InChI=1S/C8H12N2O7S/c1-9-5(4-18(14,15)16)8(13)17-10-6(11)2-3-7(10)12/h5,9H,2-4H2,1H3,(H,14,15,16)/t5-/m0/s1. The molecule has 1 heterocycles. The topological polar surface area (TPSA) is 130 Å². The second kappa shape index (κ2) is 5.42. The first-order valence-electron chi connectivity index (χ1n) is 4.94.